The van der Waals surface area contributed by atoms with Crippen LogP contribution in [0.3, 0.4) is 0 Å². The van der Waals surface area contributed by atoms with Crippen molar-refractivity contribution in [3.63, 3.8) is 0 Å². The van der Waals surface area contributed by atoms with Crippen LogP contribution in [-0.4, -0.2) is 50.7 Å². The summed E-state index contributed by atoms with van der Waals surface area (Å²) in [5.41, 5.74) is 3.13. The first-order chi connectivity index (χ1) is 10.6. The molecule has 1 aliphatic rings. The van der Waals surface area contributed by atoms with Crippen LogP contribution in [0, 0.1) is 0 Å². The standard InChI is InChI=1S/C19H33N3/c1-19(2,3)18-8-6-17(7-9-18)5-4-10-20-11-14-22-15-12-21-13-16-22/h6-9,20-21H,4-5,10-16H2,1-3H3. The third kappa shape index (κ3) is 6.07. The van der Waals surface area contributed by atoms with Crippen LogP contribution in [0.15, 0.2) is 24.3 Å². The Bertz CT molecular complexity index is 413. The van der Waals surface area contributed by atoms with Gasteiger partial charge in [-0.15, -0.1) is 0 Å². The maximum Gasteiger partial charge on any atom is 0.0108 e. The van der Waals surface area contributed by atoms with Crippen LogP contribution in [0.25, 0.3) is 0 Å². The van der Waals surface area contributed by atoms with Gasteiger partial charge in [0.2, 0.25) is 0 Å². The lowest BCUT2D eigenvalue weighted by Crippen LogP contribution is -2.45. The first kappa shape index (κ1) is 17.5. The lowest BCUT2D eigenvalue weighted by molar-refractivity contribution is 0.241. The van der Waals surface area contributed by atoms with Gasteiger partial charge in [0.05, 0.1) is 0 Å². The summed E-state index contributed by atoms with van der Waals surface area (Å²) in [6.07, 6.45) is 2.39. The molecule has 1 aliphatic heterocycles. The molecule has 0 spiro atoms. The lowest BCUT2D eigenvalue weighted by atomic mass is 9.86. The molecule has 1 fully saturated rings. The molecular weight excluding hydrogens is 270 g/mol. The summed E-state index contributed by atoms with van der Waals surface area (Å²) in [5.74, 6) is 0. The number of hydrogen-bond acceptors (Lipinski definition) is 3. The largest absolute Gasteiger partial charge is 0.315 e. The van der Waals surface area contributed by atoms with Gasteiger partial charge in [0.1, 0.15) is 0 Å². The molecule has 0 bridgehead atoms. The number of benzene rings is 1. The average Bonchev–Trinajstić information content (AvgIpc) is 2.51. The second kappa shape index (κ2) is 8.66. The van der Waals surface area contributed by atoms with Crippen molar-refractivity contribution in [1.29, 1.82) is 0 Å². The van der Waals surface area contributed by atoms with E-state index in [9.17, 15) is 0 Å². The van der Waals surface area contributed by atoms with Crippen molar-refractivity contribution in [2.75, 3.05) is 45.8 Å². The third-order valence-corrected chi connectivity index (χ3v) is 4.45. The zero-order chi connectivity index (χ0) is 15.8. The SMILES string of the molecule is CC(C)(C)c1ccc(CCCNCCN2CCNCC2)cc1. The number of piperazine rings is 1. The predicted octanol–water partition coefficient (Wildman–Crippen LogP) is 2.41. The van der Waals surface area contributed by atoms with Gasteiger partial charge in [-0.3, -0.25) is 4.90 Å². The van der Waals surface area contributed by atoms with Gasteiger partial charge in [0.25, 0.3) is 0 Å². The Morgan fingerprint density at radius 1 is 1.05 bits per heavy atom. The Morgan fingerprint density at radius 3 is 2.36 bits per heavy atom. The Morgan fingerprint density at radius 2 is 1.73 bits per heavy atom. The van der Waals surface area contributed by atoms with Crippen LogP contribution in [-0.2, 0) is 11.8 Å². The van der Waals surface area contributed by atoms with Gasteiger partial charge in [-0.05, 0) is 35.9 Å². The summed E-state index contributed by atoms with van der Waals surface area (Å²) in [7, 11) is 0. The van der Waals surface area contributed by atoms with E-state index in [4.69, 9.17) is 0 Å². The molecule has 0 saturated carbocycles. The summed E-state index contributed by atoms with van der Waals surface area (Å²) in [6, 6.07) is 9.16. The molecule has 22 heavy (non-hydrogen) atoms. The zero-order valence-electron chi connectivity index (χ0n) is 14.6. The van der Waals surface area contributed by atoms with E-state index in [-0.39, 0.29) is 5.41 Å². The van der Waals surface area contributed by atoms with Gasteiger partial charge in [-0.1, -0.05) is 45.0 Å². The van der Waals surface area contributed by atoms with Crippen LogP contribution in [0.2, 0.25) is 0 Å². The van der Waals surface area contributed by atoms with E-state index in [1.165, 1.54) is 43.6 Å². The topological polar surface area (TPSA) is 27.3 Å². The molecule has 0 aromatic heterocycles. The Kier molecular flexibility index (Phi) is 6.87. The molecule has 124 valence electrons. The summed E-state index contributed by atoms with van der Waals surface area (Å²) in [5, 5.41) is 6.97. The van der Waals surface area contributed by atoms with E-state index in [1.54, 1.807) is 0 Å². The average molecular weight is 303 g/mol. The molecule has 3 nitrogen and oxygen atoms in total. The van der Waals surface area contributed by atoms with Crippen molar-refractivity contribution in [2.24, 2.45) is 0 Å². The fourth-order valence-corrected chi connectivity index (χ4v) is 2.89. The van der Waals surface area contributed by atoms with Gasteiger partial charge in [-0.2, -0.15) is 0 Å². The maximum atomic E-state index is 3.58. The Balaban J connectivity index is 1.56. The molecule has 2 rings (SSSR count). The highest BCUT2D eigenvalue weighted by Gasteiger charge is 2.12. The molecule has 1 saturated heterocycles. The molecule has 0 atom stereocenters. The van der Waals surface area contributed by atoms with Crippen LogP contribution in [0.4, 0.5) is 0 Å². The highest BCUT2D eigenvalue weighted by molar-refractivity contribution is 5.27. The highest BCUT2D eigenvalue weighted by atomic mass is 15.2. The third-order valence-electron chi connectivity index (χ3n) is 4.45. The van der Waals surface area contributed by atoms with Crippen molar-refractivity contribution in [2.45, 2.75) is 39.0 Å². The first-order valence-electron chi connectivity index (χ1n) is 8.79. The van der Waals surface area contributed by atoms with E-state index in [0.717, 1.165) is 26.2 Å². The lowest BCUT2D eigenvalue weighted by Gasteiger charge is -2.27. The number of nitrogens with zero attached hydrogens (tertiary/aromatic N) is 1. The zero-order valence-corrected chi connectivity index (χ0v) is 14.6. The van der Waals surface area contributed by atoms with Crippen molar-refractivity contribution in [1.82, 2.24) is 15.5 Å². The predicted molar refractivity (Wildman–Crippen MR) is 95.6 cm³/mol. The molecule has 0 unspecified atom stereocenters. The highest BCUT2D eigenvalue weighted by Crippen LogP contribution is 2.22. The van der Waals surface area contributed by atoms with Gasteiger partial charge in [-0.25, -0.2) is 0 Å². The number of aryl methyl sites for hydroxylation is 1. The van der Waals surface area contributed by atoms with E-state index < -0.39 is 0 Å². The minimum Gasteiger partial charge on any atom is -0.315 e. The first-order valence-corrected chi connectivity index (χ1v) is 8.79. The summed E-state index contributed by atoms with van der Waals surface area (Å²) in [4.78, 5) is 2.54. The molecule has 1 heterocycles. The minimum atomic E-state index is 0.254. The van der Waals surface area contributed by atoms with Gasteiger partial charge < -0.3 is 10.6 Å². The number of nitrogens with one attached hydrogen (secondary N) is 2. The van der Waals surface area contributed by atoms with E-state index in [0.29, 0.717) is 0 Å². The summed E-state index contributed by atoms with van der Waals surface area (Å²) in [6.45, 7) is 14.9. The quantitative estimate of drug-likeness (QED) is 0.758. The fourth-order valence-electron chi connectivity index (χ4n) is 2.89. The molecule has 2 N–H and O–H groups in total. The van der Waals surface area contributed by atoms with Crippen LogP contribution < -0.4 is 10.6 Å². The Hall–Kier alpha value is -0.900. The summed E-state index contributed by atoms with van der Waals surface area (Å²) >= 11 is 0. The second-order valence-electron chi connectivity index (χ2n) is 7.39. The smallest absolute Gasteiger partial charge is 0.0108 e. The molecule has 0 amide bonds. The second-order valence-corrected chi connectivity index (χ2v) is 7.39. The van der Waals surface area contributed by atoms with Crippen LogP contribution in [0.1, 0.15) is 38.3 Å². The van der Waals surface area contributed by atoms with E-state index in [1.807, 2.05) is 0 Å². The van der Waals surface area contributed by atoms with Crippen molar-refractivity contribution < 1.29 is 0 Å². The van der Waals surface area contributed by atoms with Gasteiger partial charge in [0, 0.05) is 39.3 Å². The van der Waals surface area contributed by atoms with E-state index >= 15 is 0 Å². The minimum absolute atomic E-state index is 0.254. The molecule has 0 aliphatic carbocycles. The monoisotopic (exact) mass is 303 g/mol. The van der Waals surface area contributed by atoms with Crippen LogP contribution >= 0.6 is 0 Å². The van der Waals surface area contributed by atoms with Crippen molar-refractivity contribution in [3.8, 4) is 0 Å². The number of hydrogen-bond donors (Lipinski definition) is 2. The maximum absolute atomic E-state index is 3.58. The molecular formula is C19H33N3. The van der Waals surface area contributed by atoms with Crippen molar-refractivity contribution >= 4 is 0 Å². The normalized spacial score (nSPS) is 16.9. The molecule has 1 aromatic rings. The van der Waals surface area contributed by atoms with E-state index in [2.05, 4.69) is 60.6 Å². The summed E-state index contributed by atoms with van der Waals surface area (Å²) < 4.78 is 0. The fraction of sp³-hybridized carbons (Fsp3) is 0.684. The van der Waals surface area contributed by atoms with Gasteiger partial charge >= 0.3 is 0 Å². The van der Waals surface area contributed by atoms with Gasteiger partial charge in [0.15, 0.2) is 0 Å². The van der Waals surface area contributed by atoms with Crippen molar-refractivity contribution in [3.05, 3.63) is 35.4 Å². The number of rotatable bonds is 7. The molecule has 0 radical (unpaired) electrons. The van der Waals surface area contributed by atoms with Crippen LogP contribution in [0.5, 0.6) is 0 Å². The Labute approximate surface area is 136 Å². The molecule has 3 heteroatoms. The molecule has 1 aromatic carbocycles.